The van der Waals surface area contributed by atoms with Crippen LogP contribution in [0.4, 0.5) is 0 Å². The molecule has 3 nitrogen and oxygen atoms in total. The van der Waals surface area contributed by atoms with Gasteiger partial charge in [0, 0.05) is 19.5 Å². The maximum absolute atomic E-state index is 4.49. The SMILES string of the molecule is CCCNC(Cc1c(Br)c(C)nn1C)c1cscc1C. The highest BCUT2D eigenvalue weighted by atomic mass is 79.9. The molecular weight excluding hydrogens is 334 g/mol. The molecule has 1 N–H and O–H groups in total. The number of nitrogens with zero attached hydrogens (tertiary/aromatic N) is 2. The topological polar surface area (TPSA) is 29.9 Å². The second-order valence-electron chi connectivity index (χ2n) is 5.19. The fourth-order valence-electron chi connectivity index (χ4n) is 2.43. The molecule has 110 valence electrons. The van der Waals surface area contributed by atoms with Crippen LogP contribution in [0.2, 0.25) is 0 Å². The van der Waals surface area contributed by atoms with E-state index < -0.39 is 0 Å². The number of thiophene rings is 1. The van der Waals surface area contributed by atoms with Crippen molar-refractivity contribution in [2.75, 3.05) is 6.54 Å². The summed E-state index contributed by atoms with van der Waals surface area (Å²) in [6, 6.07) is 0.354. The highest BCUT2D eigenvalue weighted by Crippen LogP contribution is 2.29. The summed E-state index contributed by atoms with van der Waals surface area (Å²) in [6.07, 6.45) is 2.10. The van der Waals surface area contributed by atoms with Gasteiger partial charge in [0.05, 0.1) is 15.9 Å². The summed E-state index contributed by atoms with van der Waals surface area (Å²) in [6.45, 7) is 7.47. The number of rotatable bonds is 6. The highest BCUT2D eigenvalue weighted by molar-refractivity contribution is 9.10. The van der Waals surface area contributed by atoms with E-state index in [9.17, 15) is 0 Å². The van der Waals surface area contributed by atoms with Gasteiger partial charge in [-0.05, 0) is 64.6 Å². The second kappa shape index (κ2) is 6.87. The van der Waals surface area contributed by atoms with Crippen LogP contribution in [0.1, 0.15) is 41.9 Å². The van der Waals surface area contributed by atoms with E-state index in [4.69, 9.17) is 0 Å². The number of hydrogen-bond donors (Lipinski definition) is 1. The molecule has 0 aliphatic rings. The molecular formula is C15H22BrN3S. The minimum atomic E-state index is 0.354. The van der Waals surface area contributed by atoms with Crippen LogP contribution in [0.25, 0.3) is 0 Å². The van der Waals surface area contributed by atoms with Crippen molar-refractivity contribution >= 4 is 27.3 Å². The van der Waals surface area contributed by atoms with Gasteiger partial charge < -0.3 is 5.32 Å². The molecule has 20 heavy (non-hydrogen) atoms. The van der Waals surface area contributed by atoms with Gasteiger partial charge in [-0.2, -0.15) is 16.4 Å². The lowest BCUT2D eigenvalue weighted by atomic mass is 10.0. The second-order valence-corrected chi connectivity index (χ2v) is 6.73. The molecule has 2 rings (SSSR count). The van der Waals surface area contributed by atoms with Gasteiger partial charge in [0.25, 0.3) is 0 Å². The summed E-state index contributed by atoms with van der Waals surface area (Å²) in [5, 5.41) is 12.6. The third kappa shape index (κ3) is 3.32. The first kappa shape index (κ1) is 15.7. The van der Waals surface area contributed by atoms with E-state index in [2.05, 4.69) is 51.0 Å². The first-order valence-corrected chi connectivity index (χ1v) is 8.72. The summed E-state index contributed by atoms with van der Waals surface area (Å²) in [5.74, 6) is 0. The van der Waals surface area contributed by atoms with E-state index in [1.54, 1.807) is 11.3 Å². The smallest absolute Gasteiger partial charge is 0.0738 e. The number of aromatic nitrogens is 2. The van der Waals surface area contributed by atoms with Crippen molar-refractivity contribution in [3.05, 3.63) is 37.7 Å². The molecule has 0 aromatic carbocycles. The largest absolute Gasteiger partial charge is 0.310 e. The maximum Gasteiger partial charge on any atom is 0.0738 e. The van der Waals surface area contributed by atoms with E-state index in [0.29, 0.717) is 6.04 Å². The molecule has 0 spiro atoms. The van der Waals surface area contributed by atoms with Crippen LogP contribution in [0.15, 0.2) is 15.2 Å². The summed E-state index contributed by atoms with van der Waals surface area (Å²) < 4.78 is 3.12. The van der Waals surface area contributed by atoms with Gasteiger partial charge in [-0.25, -0.2) is 0 Å². The molecule has 2 aromatic rings. The number of halogens is 1. The Morgan fingerprint density at radius 2 is 2.15 bits per heavy atom. The van der Waals surface area contributed by atoms with Crippen LogP contribution < -0.4 is 5.32 Å². The van der Waals surface area contributed by atoms with Crippen molar-refractivity contribution in [3.8, 4) is 0 Å². The normalized spacial score (nSPS) is 12.8. The van der Waals surface area contributed by atoms with Crippen LogP contribution in [0, 0.1) is 13.8 Å². The van der Waals surface area contributed by atoms with Gasteiger partial charge in [0.1, 0.15) is 0 Å². The van der Waals surface area contributed by atoms with Gasteiger partial charge in [-0.1, -0.05) is 6.92 Å². The third-order valence-corrected chi connectivity index (χ3v) is 5.48. The van der Waals surface area contributed by atoms with E-state index in [0.717, 1.165) is 29.6 Å². The Labute approximate surface area is 133 Å². The van der Waals surface area contributed by atoms with E-state index in [1.165, 1.54) is 16.8 Å². The molecule has 0 amide bonds. The highest BCUT2D eigenvalue weighted by Gasteiger charge is 2.19. The predicted octanol–water partition coefficient (Wildman–Crippen LogP) is 4.14. The molecule has 2 heterocycles. The Morgan fingerprint density at radius 1 is 1.40 bits per heavy atom. The minimum Gasteiger partial charge on any atom is -0.310 e. The molecule has 0 radical (unpaired) electrons. The molecule has 2 aromatic heterocycles. The van der Waals surface area contributed by atoms with Crippen molar-refractivity contribution in [1.82, 2.24) is 15.1 Å². The lowest BCUT2D eigenvalue weighted by Gasteiger charge is -2.19. The average molecular weight is 356 g/mol. The predicted molar refractivity (Wildman–Crippen MR) is 89.4 cm³/mol. The number of aryl methyl sites for hydroxylation is 3. The molecule has 0 aliphatic heterocycles. The zero-order valence-electron chi connectivity index (χ0n) is 12.5. The zero-order chi connectivity index (χ0) is 14.7. The van der Waals surface area contributed by atoms with Gasteiger partial charge in [-0.3, -0.25) is 4.68 Å². The first-order valence-electron chi connectivity index (χ1n) is 6.98. The minimum absolute atomic E-state index is 0.354. The monoisotopic (exact) mass is 355 g/mol. The summed E-state index contributed by atoms with van der Waals surface area (Å²) in [5.41, 5.74) is 5.09. The third-order valence-electron chi connectivity index (χ3n) is 3.57. The van der Waals surface area contributed by atoms with Gasteiger partial charge >= 0.3 is 0 Å². The van der Waals surface area contributed by atoms with Gasteiger partial charge in [0.2, 0.25) is 0 Å². The van der Waals surface area contributed by atoms with Crippen molar-refractivity contribution in [2.45, 2.75) is 39.7 Å². The fraction of sp³-hybridized carbons (Fsp3) is 0.533. The Morgan fingerprint density at radius 3 is 2.65 bits per heavy atom. The van der Waals surface area contributed by atoms with Gasteiger partial charge in [0.15, 0.2) is 0 Å². The van der Waals surface area contributed by atoms with Crippen LogP contribution in [-0.2, 0) is 13.5 Å². The van der Waals surface area contributed by atoms with E-state index >= 15 is 0 Å². The lowest BCUT2D eigenvalue weighted by molar-refractivity contribution is 0.511. The van der Waals surface area contributed by atoms with Crippen LogP contribution in [0.3, 0.4) is 0 Å². The Bertz CT molecular complexity index is 574. The molecule has 1 unspecified atom stereocenters. The Balaban J connectivity index is 2.26. The van der Waals surface area contributed by atoms with Crippen LogP contribution in [0.5, 0.6) is 0 Å². The number of nitrogens with one attached hydrogen (secondary N) is 1. The zero-order valence-corrected chi connectivity index (χ0v) is 14.9. The lowest BCUT2D eigenvalue weighted by Crippen LogP contribution is -2.25. The summed E-state index contributed by atoms with van der Waals surface area (Å²) >= 11 is 5.45. The van der Waals surface area contributed by atoms with Crippen molar-refractivity contribution in [1.29, 1.82) is 0 Å². The molecule has 0 saturated carbocycles. The van der Waals surface area contributed by atoms with Crippen molar-refractivity contribution in [3.63, 3.8) is 0 Å². The Hall–Kier alpha value is -0.650. The van der Waals surface area contributed by atoms with E-state index in [-0.39, 0.29) is 0 Å². The molecule has 0 bridgehead atoms. The van der Waals surface area contributed by atoms with E-state index in [1.807, 2.05) is 18.7 Å². The average Bonchev–Trinajstić information content (AvgIpc) is 2.93. The first-order chi connectivity index (χ1) is 9.54. The Kier molecular flexibility index (Phi) is 5.41. The molecule has 0 aliphatic carbocycles. The standard InChI is InChI=1S/C15H22BrN3S/c1-5-6-17-13(12-9-20-8-10(12)2)7-14-15(16)11(3)18-19(14)4/h8-9,13,17H,5-7H2,1-4H3. The maximum atomic E-state index is 4.49. The van der Waals surface area contributed by atoms with Crippen molar-refractivity contribution in [2.24, 2.45) is 7.05 Å². The molecule has 0 saturated heterocycles. The molecule has 1 atom stereocenters. The van der Waals surface area contributed by atoms with Gasteiger partial charge in [-0.15, -0.1) is 0 Å². The quantitative estimate of drug-likeness (QED) is 0.843. The van der Waals surface area contributed by atoms with Crippen LogP contribution >= 0.6 is 27.3 Å². The fourth-order valence-corrected chi connectivity index (χ4v) is 3.84. The van der Waals surface area contributed by atoms with Crippen LogP contribution in [-0.4, -0.2) is 16.3 Å². The summed E-state index contributed by atoms with van der Waals surface area (Å²) in [4.78, 5) is 0. The number of hydrogen-bond acceptors (Lipinski definition) is 3. The molecule has 0 fully saturated rings. The van der Waals surface area contributed by atoms with Crippen molar-refractivity contribution < 1.29 is 0 Å². The molecule has 5 heteroatoms. The summed E-state index contributed by atoms with van der Waals surface area (Å²) in [7, 11) is 2.02.